The lowest BCUT2D eigenvalue weighted by molar-refractivity contribution is 0.824. The molecular formula is C9H14BrN3. The van der Waals surface area contributed by atoms with Crippen LogP contribution in [0.1, 0.15) is 24.9 Å². The van der Waals surface area contributed by atoms with Gasteiger partial charge in [0.05, 0.1) is 10.2 Å². The van der Waals surface area contributed by atoms with Gasteiger partial charge in [0.15, 0.2) is 0 Å². The van der Waals surface area contributed by atoms with Crippen molar-refractivity contribution in [3.63, 3.8) is 0 Å². The number of hydrogen-bond acceptors (Lipinski definition) is 3. The summed E-state index contributed by atoms with van der Waals surface area (Å²) in [5.74, 6) is 1.78. The Morgan fingerprint density at radius 3 is 2.62 bits per heavy atom. The zero-order valence-corrected chi connectivity index (χ0v) is 9.77. The van der Waals surface area contributed by atoms with E-state index in [1.54, 1.807) is 0 Å². The molecule has 1 aromatic rings. The Morgan fingerprint density at radius 2 is 2.08 bits per heavy atom. The molecule has 0 aliphatic carbocycles. The first-order valence-corrected chi connectivity index (χ1v) is 5.19. The number of aromatic nitrogens is 2. The predicted octanol–water partition coefficient (Wildman–Crippen LogP) is 2.54. The summed E-state index contributed by atoms with van der Waals surface area (Å²) in [6.45, 7) is 4.10. The molecule has 1 N–H and O–H groups in total. The molecule has 0 fully saturated rings. The Kier molecular flexibility index (Phi) is 3.66. The van der Waals surface area contributed by atoms with Crippen LogP contribution in [-0.2, 0) is 6.42 Å². The smallest absolute Gasteiger partial charge is 0.144 e. The molecule has 0 bridgehead atoms. The van der Waals surface area contributed by atoms with Gasteiger partial charge < -0.3 is 5.32 Å². The summed E-state index contributed by atoms with van der Waals surface area (Å²) in [5.41, 5.74) is 0.989. The first kappa shape index (κ1) is 10.4. The summed E-state index contributed by atoms with van der Waals surface area (Å²) in [6, 6.07) is 0. The molecule has 13 heavy (non-hydrogen) atoms. The first-order valence-electron chi connectivity index (χ1n) is 4.39. The van der Waals surface area contributed by atoms with Crippen LogP contribution in [0.2, 0.25) is 0 Å². The number of hydrogen-bond donors (Lipinski definition) is 1. The van der Waals surface area contributed by atoms with E-state index in [-0.39, 0.29) is 0 Å². The number of rotatable bonds is 3. The molecule has 0 atom stereocenters. The molecule has 4 heteroatoms. The summed E-state index contributed by atoms with van der Waals surface area (Å²) < 4.78 is 0.954. The highest BCUT2D eigenvalue weighted by molar-refractivity contribution is 9.10. The highest BCUT2D eigenvalue weighted by Crippen LogP contribution is 2.22. The predicted molar refractivity (Wildman–Crippen MR) is 58.0 cm³/mol. The minimum atomic E-state index is 0.871. The van der Waals surface area contributed by atoms with Crippen molar-refractivity contribution in [3.8, 4) is 0 Å². The van der Waals surface area contributed by atoms with E-state index in [0.717, 1.165) is 34.7 Å². The highest BCUT2D eigenvalue weighted by atomic mass is 79.9. The number of nitrogens with zero attached hydrogens (tertiary/aromatic N) is 2. The third kappa shape index (κ3) is 2.40. The van der Waals surface area contributed by atoms with Gasteiger partial charge in [-0.15, -0.1) is 0 Å². The molecule has 0 radical (unpaired) electrons. The normalized spacial score (nSPS) is 10.2. The fourth-order valence-corrected chi connectivity index (χ4v) is 1.49. The van der Waals surface area contributed by atoms with Crippen LogP contribution in [0.5, 0.6) is 0 Å². The van der Waals surface area contributed by atoms with Crippen LogP contribution < -0.4 is 5.32 Å². The second-order valence-corrected chi connectivity index (χ2v) is 3.68. The Morgan fingerprint density at radius 1 is 1.38 bits per heavy atom. The van der Waals surface area contributed by atoms with E-state index in [0.29, 0.717) is 0 Å². The monoisotopic (exact) mass is 243 g/mol. The zero-order chi connectivity index (χ0) is 9.84. The van der Waals surface area contributed by atoms with Gasteiger partial charge in [0.1, 0.15) is 11.6 Å². The molecule has 0 saturated carbocycles. The van der Waals surface area contributed by atoms with Gasteiger partial charge in [-0.05, 0) is 29.3 Å². The molecule has 0 unspecified atom stereocenters. The summed E-state index contributed by atoms with van der Waals surface area (Å²) in [7, 11) is 1.86. The summed E-state index contributed by atoms with van der Waals surface area (Å²) in [4.78, 5) is 8.75. The fourth-order valence-electron chi connectivity index (χ4n) is 1.12. The molecule has 0 saturated heterocycles. The molecule has 3 nitrogen and oxygen atoms in total. The average molecular weight is 244 g/mol. The average Bonchev–Trinajstić information content (AvgIpc) is 2.11. The maximum absolute atomic E-state index is 4.37. The number of nitrogens with one attached hydrogen (secondary N) is 1. The Bertz CT molecular complexity index is 299. The lowest BCUT2D eigenvalue weighted by Crippen LogP contribution is -2.03. The van der Waals surface area contributed by atoms with Gasteiger partial charge in [0.25, 0.3) is 0 Å². The SMILES string of the molecule is CCCc1nc(C)c(Br)c(NC)n1. The third-order valence-electron chi connectivity index (χ3n) is 1.77. The van der Waals surface area contributed by atoms with E-state index in [2.05, 4.69) is 38.1 Å². The number of halogens is 1. The van der Waals surface area contributed by atoms with Crippen molar-refractivity contribution in [2.45, 2.75) is 26.7 Å². The molecule has 1 rings (SSSR count). The molecule has 1 aromatic heterocycles. The van der Waals surface area contributed by atoms with Crippen molar-refractivity contribution in [3.05, 3.63) is 16.0 Å². The fraction of sp³-hybridized carbons (Fsp3) is 0.556. The van der Waals surface area contributed by atoms with Crippen LogP contribution >= 0.6 is 15.9 Å². The van der Waals surface area contributed by atoms with Gasteiger partial charge in [-0.3, -0.25) is 0 Å². The first-order chi connectivity index (χ1) is 6.19. The van der Waals surface area contributed by atoms with Crippen molar-refractivity contribution in [2.24, 2.45) is 0 Å². The summed E-state index contributed by atoms with van der Waals surface area (Å²) >= 11 is 3.44. The van der Waals surface area contributed by atoms with E-state index < -0.39 is 0 Å². The van der Waals surface area contributed by atoms with Crippen molar-refractivity contribution >= 4 is 21.7 Å². The molecule has 0 spiro atoms. The number of anilines is 1. The van der Waals surface area contributed by atoms with Crippen molar-refractivity contribution in [1.82, 2.24) is 9.97 Å². The molecule has 0 amide bonds. The second-order valence-electron chi connectivity index (χ2n) is 2.89. The quantitative estimate of drug-likeness (QED) is 0.887. The second kappa shape index (κ2) is 4.56. The van der Waals surface area contributed by atoms with E-state index >= 15 is 0 Å². The van der Waals surface area contributed by atoms with E-state index in [1.807, 2.05) is 14.0 Å². The van der Waals surface area contributed by atoms with Gasteiger partial charge in [-0.2, -0.15) is 0 Å². The van der Waals surface area contributed by atoms with E-state index in [1.165, 1.54) is 0 Å². The number of aryl methyl sites for hydroxylation is 2. The maximum atomic E-state index is 4.37. The van der Waals surface area contributed by atoms with Gasteiger partial charge >= 0.3 is 0 Å². The minimum absolute atomic E-state index is 0.871. The zero-order valence-electron chi connectivity index (χ0n) is 8.19. The van der Waals surface area contributed by atoms with Crippen LogP contribution in [-0.4, -0.2) is 17.0 Å². The van der Waals surface area contributed by atoms with Crippen molar-refractivity contribution in [1.29, 1.82) is 0 Å². The summed E-state index contributed by atoms with van der Waals surface area (Å²) in [6.07, 6.45) is 2.01. The van der Waals surface area contributed by atoms with E-state index in [9.17, 15) is 0 Å². The topological polar surface area (TPSA) is 37.8 Å². The Labute approximate surface area is 87.1 Å². The lowest BCUT2D eigenvalue weighted by Gasteiger charge is -2.07. The largest absolute Gasteiger partial charge is 0.372 e. The van der Waals surface area contributed by atoms with Crippen LogP contribution in [0.15, 0.2) is 4.47 Å². The molecular weight excluding hydrogens is 230 g/mol. The van der Waals surface area contributed by atoms with E-state index in [4.69, 9.17) is 0 Å². The van der Waals surface area contributed by atoms with Gasteiger partial charge in [-0.1, -0.05) is 6.92 Å². The van der Waals surface area contributed by atoms with Crippen molar-refractivity contribution < 1.29 is 0 Å². The van der Waals surface area contributed by atoms with Crippen LogP contribution in [0.4, 0.5) is 5.82 Å². The molecule has 1 heterocycles. The molecule has 72 valence electrons. The van der Waals surface area contributed by atoms with Crippen LogP contribution in [0.3, 0.4) is 0 Å². The molecule has 0 aromatic carbocycles. The van der Waals surface area contributed by atoms with Crippen LogP contribution in [0.25, 0.3) is 0 Å². The lowest BCUT2D eigenvalue weighted by atomic mass is 10.3. The van der Waals surface area contributed by atoms with Crippen molar-refractivity contribution in [2.75, 3.05) is 12.4 Å². The van der Waals surface area contributed by atoms with Gasteiger partial charge in [-0.25, -0.2) is 9.97 Å². The van der Waals surface area contributed by atoms with Crippen LogP contribution in [0, 0.1) is 6.92 Å². The Balaban J connectivity index is 3.06. The van der Waals surface area contributed by atoms with Gasteiger partial charge in [0, 0.05) is 13.5 Å². The highest BCUT2D eigenvalue weighted by Gasteiger charge is 2.06. The Hall–Kier alpha value is -0.640. The molecule has 0 aliphatic heterocycles. The third-order valence-corrected chi connectivity index (χ3v) is 2.72. The maximum Gasteiger partial charge on any atom is 0.144 e. The molecule has 0 aliphatic rings. The minimum Gasteiger partial charge on any atom is -0.372 e. The van der Waals surface area contributed by atoms with Gasteiger partial charge in [0.2, 0.25) is 0 Å². The standard InChI is InChI=1S/C9H14BrN3/c1-4-5-7-12-6(2)8(10)9(11-3)13-7/h4-5H2,1-3H3,(H,11,12,13). The summed E-state index contributed by atoms with van der Waals surface area (Å²) in [5, 5.41) is 3.04.